The summed E-state index contributed by atoms with van der Waals surface area (Å²) in [4.78, 5) is 10.2. The molecule has 10 heavy (non-hydrogen) atoms. The normalized spacial score (nSPS) is 25.3. The van der Waals surface area contributed by atoms with Gasteiger partial charge in [-0.2, -0.15) is 0 Å². The first-order chi connectivity index (χ1) is 4.88. The summed E-state index contributed by atoms with van der Waals surface area (Å²) in [5.74, 6) is 1.05. The van der Waals surface area contributed by atoms with Crippen LogP contribution in [-0.2, 0) is 0 Å². The fraction of sp³-hybridized carbons (Fsp3) is 1.00. The molecule has 0 aliphatic carbocycles. The van der Waals surface area contributed by atoms with Gasteiger partial charge in [0, 0.05) is 12.3 Å². The largest absolute Gasteiger partial charge is 0.247 e. The molecular formula is C6H12N2OS. The fourth-order valence-electron chi connectivity index (χ4n) is 1.09. The van der Waals surface area contributed by atoms with Gasteiger partial charge in [-0.05, 0) is 6.42 Å². The lowest BCUT2D eigenvalue weighted by molar-refractivity contribution is 0.287. The summed E-state index contributed by atoms with van der Waals surface area (Å²) in [7, 11) is 0. The maximum atomic E-state index is 10.2. The Morgan fingerprint density at radius 3 is 3.20 bits per heavy atom. The molecule has 1 heterocycles. The van der Waals surface area contributed by atoms with E-state index in [0.717, 1.165) is 25.1 Å². The molecule has 1 aliphatic heterocycles. The van der Waals surface area contributed by atoms with Crippen LogP contribution in [0, 0.1) is 4.91 Å². The molecule has 0 amide bonds. The van der Waals surface area contributed by atoms with Gasteiger partial charge in [-0.3, -0.25) is 0 Å². The van der Waals surface area contributed by atoms with E-state index >= 15 is 0 Å². The average Bonchev–Trinajstić information content (AvgIpc) is 2.36. The van der Waals surface area contributed by atoms with Gasteiger partial charge >= 0.3 is 0 Å². The molecule has 58 valence electrons. The Morgan fingerprint density at radius 2 is 2.60 bits per heavy atom. The van der Waals surface area contributed by atoms with E-state index < -0.39 is 0 Å². The topological polar surface area (TPSA) is 32.7 Å². The molecule has 4 heteroatoms. The van der Waals surface area contributed by atoms with E-state index in [0.29, 0.717) is 5.37 Å². The minimum absolute atomic E-state index is 0.363. The maximum Gasteiger partial charge on any atom is 0.0955 e. The van der Waals surface area contributed by atoms with E-state index in [4.69, 9.17) is 0 Å². The maximum absolute atomic E-state index is 10.2. The van der Waals surface area contributed by atoms with E-state index in [2.05, 4.69) is 12.2 Å². The van der Waals surface area contributed by atoms with Crippen LogP contribution < -0.4 is 0 Å². The molecule has 0 N–H and O–H groups in total. The van der Waals surface area contributed by atoms with Crippen molar-refractivity contribution in [2.24, 2.45) is 5.29 Å². The molecule has 3 nitrogen and oxygen atoms in total. The SMILES string of the molecule is CCCC1SCCN1N=O. The molecule has 0 aromatic carbocycles. The lowest BCUT2D eigenvalue weighted by Gasteiger charge is -2.14. The molecule has 0 aromatic rings. The van der Waals surface area contributed by atoms with Crippen LogP contribution in [0.5, 0.6) is 0 Å². The summed E-state index contributed by atoms with van der Waals surface area (Å²) in [6.07, 6.45) is 2.21. The first-order valence-electron chi connectivity index (χ1n) is 3.60. The summed E-state index contributed by atoms with van der Waals surface area (Å²) in [6.45, 7) is 2.96. The number of thioether (sulfide) groups is 1. The number of rotatable bonds is 3. The average molecular weight is 160 g/mol. The van der Waals surface area contributed by atoms with Crippen molar-refractivity contribution in [2.45, 2.75) is 25.1 Å². The molecule has 1 saturated heterocycles. The second-order valence-electron chi connectivity index (χ2n) is 2.36. The molecule has 1 fully saturated rings. The standard InChI is InChI=1S/C6H12N2OS/c1-2-3-6-8(7-9)4-5-10-6/h6H,2-5H2,1H3. The molecule has 0 bridgehead atoms. The zero-order valence-corrected chi connectivity index (χ0v) is 6.93. The number of nitrogens with zero attached hydrogens (tertiary/aromatic N) is 2. The summed E-state index contributed by atoms with van der Waals surface area (Å²) in [5.41, 5.74) is 0. The molecule has 0 saturated carbocycles. The Balaban J connectivity index is 2.34. The molecule has 1 rings (SSSR count). The summed E-state index contributed by atoms with van der Waals surface area (Å²) in [5, 5.41) is 4.96. The molecule has 0 spiro atoms. The van der Waals surface area contributed by atoms with Crippen molar-refractivity contribution in [1.29, 1.82) is 0 Å². The predicted molar refractivity (Wildman–Crippen MR) is 43.7 cm³/mol. The smallest absolute Gasteiger partial charge is 0.0955 e. The second-order valence-corrected chi connectivity index (χ2v) is 3.64. The monoisotopic (exact) mass is 160 g/mol. The second kappa shape index (κ2) is 3.81. The number of nitroso groups, excluding NO2 is 1. The van der Waals surface area contributed by atoms with E-state index in [-0.39, 0.29) is 0 Å². The van der Waals surface area contributed by atoms with E-state index in [1.165, 1.54) is 0 Å². The minimum Gasteiger partial charge on any atom is -0.247 e. The van der Waals surface area contributed by atoms with Crippen molar-refractivity contribution in [2.75, 3.05) is 12.3 Å². The zero-order chi connectivity index (χ0) is 7.40. The van der Waals surface area contributed by atoms with Crippen LogP contribution in [0.4, 0.5) is 0 Å². The third kappa shape index (κ3) is 1.62. The summed E-state index contributed by atoms with van der Waals surface area (Å²) >= 11 is 1.83. The number of hydrogen-bond donors (Lipinski definition) is 0. The van der Waals surface area contributed by atoms with Crippen LogP contribution in [0.25, 0.3) is 0 Å². The molecule has 0 radical (unpaired) electrons. The summed E-state index contributed by atoms with van der Waals surface area (Å²) < 4.78 is 0. The Morgan fingerprint density at radius 1 is 1.80 bits per heavy atom. The minimum atomic E-state index is 0.363. The third-order valence-corrected chi connectivity index (χ3v) is 2.89. The van der Waals surface area contributed by atoms with E-state index in [1.807, 2.05) is 11.8 Å². The van der Waals surface area contributed by atoms with Crippen molar-refractivity contribution < 1.29 is 0 Å². The highest BCUT2D eigenvalue weighted by Crippen LogP contribution is 2.26. The van der Waals surface area contributed by atoms with Gasteiger partial charge < -0.3 is 0 Å². The van der Waals surface area contributed by atoms with Crippen molar-refractivity contribution in [3.63, 3.8) is 0 Å². The Bertz CT molecular complexity index is 120. The summed E-state index contributed by atoms with van der Waals surface area (Å²) in [6, 6.07) is 0. The van der Waals surface area contributed by atoms with Gasteiger partial charge in [-0.15, -0.1) is 16.7 Å². The highest BCUT2D eigenvalue weighted by Gasteiger charge is 2.23. The Kier molecular flexibility index (Phi) is 2.99. The Labute approximate surface area is 65.1 Å². The van der Waals surface area contributed by atoms with Gasteiger partial charge in [0.05, 0.1) is 10.7 Å². The Hall–Kier alpha value is -0.250. The van der Waals surface area contributed by atoms with Crippen LogP contribution in [0.15, 0.2) is 5.29 Å². The lowest BCUT2D eigenvalue weighted by Crippen LogP contribution is -2.21. The van der Waals surface area contributed by atoms with Crippen LogP contribution in [0.1, 0.15) is 19.8 Å². The van der Waals surface area contributed by atoms with Gasteiger partial charge in [0.2, 0.25) is 0 Å². The zero-order valence-electron chi connectivity index (χ0n) is 6.12. The number of hydrogen-bond acceptors (Lipinski definition) is 3. The highest BCUT2D eigenvalue weighted by atomic mass is 32.2. The first-order valence-corrected chi connectivity index (χ1v) is 4.65. The van der Waals surface area contributed by atoms with Crippen LogP contribution in [0.2, 0.25) is 0 Å². The van der Waals surface area contributed by atoms with Crippen molar-refractivity contribution in [3.05, 3.63) is 4.91 Å². The van der Waals surface area contributed by atoms with E-state index in [9.17, 15) is 4.91 Å². The molecule has 1 unspecified atom stereocenters. The predicted octanol–water partition coefficient (Wildman–Crippen LogP) is 1.84. The van der Waals surface area contributed by atoms with Gasteiger partial charge in [-0.1, -0.05) is 13.3 Å². The van der Waals surface area contributed by atoms with Gasteiger partial charge in [-0.25, -0.2) is 5.01 Å². The molecule has 0 aromatic heterocycles. The van der Waals surface area contributed by atoms with Crippen LogP contribution in [0.3, 0.4) is 0 Å². The molecular weight excluding hydrogens is 148 g/mol. The van der Waals surface area contributed by atoms with Crippen LogP contribution in [-0.4, -0.2) is 22.7 Å². The quantitative estimate of drug-likeness (QED) is 0.590. The van der Waals surface area contributed by atoms with Crippen LogP contribution >= 0.6 is 11.8 Å². The van der Waals surface area contributed by atoms with E-state index in [1.54, 1.807) is 5.01 Å². The molecule has 1 aliphatic rings. The van der Waals surface area contributed by atoms with Crippen molar-refractivity contribution >= 4 is 11.8 Å². The first kappa shape index (κ1) is 7.85. The van der Waals surface area contributed by atoms with Gasteiger partial charge in [0.15, 0.2) is 0 Å². The fourth-order valence-corrected chi connectivity index (χ4v) is 2.37. The molecule has 1 atom stereocenters. The van der Waals surface area contributed by atoms with Crippen molar-refractivity contribution in [3.8, 4) is 0 Å². The van der Waals surface area contributed by atoms with Gasteiger partial charge in [0.25, 0.3) is 0 Å². The van der Waals surface area contributed by atoms with Gasteiger partial charge in [0.1, 0.15) is 0 Å². The lowest BCUT2D eigenvalue weighted by atomic mass is 10.3. The third-order valence-electron chi connectivity index (χ3n) is 1.60. The van der Waals surface area contributed by atoms with Crippen molar-refractivity contribution in [1.82, 2.24) is 5.01 Å². The highest BCUT2D eigenvalue weighted by molar-refractivity contribution is 8.00.